The summed E-state index contributed by atoms with van der Waals surface area (Å²) < 4.78 is 5.04. The third kappa shape index (κ3) is 3.46. The molecule has 23 heavy (non-hydrogen) atoms. The maximum atomic E-state index is 11.8. The first-order valence-corrected chi connectivity index (χ1v) is 7.52. The van der Waals surface area contributed by atoms with Gasteiger partial charge in [0.2, 0.25) is 0 Å². The van der Waals surface area contributed by atoms with E-state index < -0.39 is 0 Å². The van der Waals surface area contributed by atoms with Crippen LogP contribution in [0.4, 0.5) is 0 Å². The van der Waals surface area contributed by atoms with Gasteiger partial charge in [-0.1, -0.05) is 48.5 Å². The lowest BCUT2D eigenvalue weighted by Gasteiger charge is -2.17. The minimum Gasteiger partial charge on any atom is -0.466 e. The standard InChI is InChI=1S/C19H19NO2.ClH/c1-2-22-18(21)12-17(20)19-15-9-5-3-7-13(15)11-14-8-4-6-10-16(14)19;/h3-11,17H,2,12,20H2,1H3;1H/t17-;/m0./s1. The van der Waals surface area contributed by atoms with E-state index in [4.69, 9.17) is 10.5 Å². The van der Waals surface area contributed by atoms with Crippen molar-refractivity contribution in [2.24, 2.45) is 5.73 Å². The average molecular weight is 330 g/mol. The monoisotopic (exact) mass is 329 g/mol. The van der Waals surface area contributed by atoms with Gasteiger partial charge >= 0.3 is 5.97 Å². The smallest absolute Gasteiger partial charge is 0.307 e. The molecule has 4 heteroatoms. The molecule has 2 N–H and O–H groups in total. The van der Waals surface area contributed by atoms with Crippen molar-refractivity contribution in [3.63, 3.8) is 0 Å². The Kier molecular flexibility index (Phi) is 5.59. The summed E-state index contributed by atoms with van der Waals surface area (Å²) in [6.45, 7) is 2.18. The van der Waals surface area contributed by atoms with Crippen molar-refractivity contribution in [1.82, 2.24) is 0 Å². The molecule has 0 amide bonds. The minimum absolute atomic E-state index is 0. The first-order chi connectivity index (χ1) is 10.7. The number of rotatable bonds is 4. The lowest BCUT2D eigenvalue weighted by molar-refractivity contribution is -0.143. The second-order valence-electron chi connectivity index (χ2n) is 5.35. The van der Waals surface area contributed by atoms with E-state index >= 15 is 0 Å². The lowest BCUT2D eigenvalue weighted by Crippen LogP contribution is -2.18. The number of esters is 1. The number of ether oxygens (including phenoxy) is 1. The molecule has 0 unspecified atom stereocenters. The summed E-state index contributed by atoms with van der Waals surface area (Å²) >= 11 is 0. The third-order valence-corrected chi connectivity index (χ3v) is 3.88. The van der Waals surface area contributed by atoms with E-state index in [0.717, 1.165) is 27.1 Å². The number of carbonyl (C=O) groups excluding carboxylic acids is 1. The second-order valence-corrected chi connectivity index (χ2v) is 5.35. The molecule has 0 heterocycles. The van der Waals surface area contributed by atoms with Crippen molar-refractivity contribution in [2.45, 2.75) is 19.4 Å². The summed E-state index contributed by atoms with van der Waals surface area (Å²) in [6, 6.07) is 18.1. The Labute approximate surface area is 141 Å². The molecule has 0 aliphatic rings. The maximum absolute atomic E-state index is 11.8. The summed E-state index contributed by atoms with van der Waals surface area (Å²) in [7, 11) is 0. The Morgan fingerprint density at radius 3 is 2.09 bits per heavy atom. The number of nitrogens with two attached hydrogens (primary N) is 1. The quantitative estimate of drug-likeness (QED) is 0.571. The van der Waals surface area contributed by atoms with Gasteiger partial charge in [-0.2, -0.15) is 0 Å². The highest BCUT2D eigenvalue weighted by atomic mass is 35.5. The summed E-state index contributed by atoms with van der Waals surface area (Å²) in [5.41, 5.74) is 7.37. The van der Waals surface area contributed by atoms with Gasteiger partial charge in [-0.3, -0.25) is 4.79 Å². The predicted octanol–water partition coefficient (Wildman–Crippen LogP) is 4.37. The molecule has 0 bridgehead atoms. The molecule has 0 aliphatic heterocycles. The third-order valence-electron chi connectivity index (χ3n) is 3.88. The Hall–Kier alpha value is -2.10. The molecule has 3 aromatic carbocycles. The van der Waals surface area contributed by atoms with Crippen LogP contribution in [0.25, 0.3) is 21.5 Å². The van der Waals surface area contributed by atoms with Gasteiger partial charge in [-0.25, -0.2) is 0 Å². The number of carbonyl (C=O) groups is 1. The fourth-order valence-corrected chi connectivity index (χ4v) is 2.95. The van der Waals surface area contributed by atoms with E-state index in [1.54, 1.807) is 6.92 Å². The molecule has 120 valence electrons. The van der Waals surface area contributed by atoms with Crippen LogP contribution in [-0.4, -0.2) is 12.6 Å². The second kappa shape index (κ2) is 7.44. The Morgan fingerprint density at radius 2 is 1.57 bits per heavy atom. The molecule has 0 saturated heterocycles. The van der Waals surface area contributed by atoms with E-state index in [0.29, 0.717) is 6.61 Å². The van der Waals surface area contributed by atoms with Gasteiger partial charge in [0.1, 0.15) is 0 Å². The van der Waals surface area contributed by atoms with Crippen molar-refractivity contribution >= 4 is 39.9 Å². The van der Waals surface area contributed by atoms with E-state index in [1.165, 1.54) is 0 Å². The molecular formula is C19H20ClNO2. The number of fused-ring (bicyclic) bond motifs is 2. The number of hydrogen-bond donors (Lipinski definition) is 1. The Bertz CT molecular complexity index is 778. The number of halogens is 1. The van der Waals surface area contributed by atoms with Gasteiger partial charge < -0.3 is 10.5 Å². The zero-order chi connectivity index (χ0) is 15.5. The lowest BCUT2D eigenvalue weighted by atomic mass is 9.91. The van der Waals surface area contributed by atoms with Gasteiger partial charge in [0.15, 0.2) is 0 Å². The highest BCUT2D eigenvalue weighted by Gasteiger charge is 2.18. The Morgan fingerprint density at radius 1 is 1.04 bits per heavy atom. The largest absolute Gasteiger partial charge is 0.466 e. The van der Waals surface area contributed by atoms with E-state index in [2.05, 4.69) is 30.3 Å². The van der Waals surface area contributed by atoms with Gasteiger partial charge in [0, 0.05) is 6.04 Å². The highest BCUT2D eigenvalue weighted by molar-refractivity contribution is 6.02. The zero-order valence-electron chi connectivity index (χ0n) is 13.0. The van der Waals surface area contributed by atoms with Gasteiger partial charge in [0.25, 0.3) is 0 Å². The van der Waals surface area contributed by atoms with Gasteiger partial charge in [-0.15, -0.1) is 12.4 Å². The molecule has 0 saturated carbocycles. The van der Waals surface area contributed by atoms with Crippen molar-refractivity contribution in [3.8, 4) is 0 Å². The van der Waals surface area contributed by atoms with Crippen LogP contribution in [0.15, 0.2) is 54.6 Å². The van der Waals surface area contributed by atoms with E-state index in [-0.39, 0.29) is 30.8 Å². The number of benzene rings is 3. The summed E-state index contributed by atoms with van der Waals surface area (Å²) in [5, 5.41) is 4.46. The van der Waals surface area contributed by atoms with Crippen LogP contribution in [0.5, 0.6) is 0 Å². The molecule has 0 aromatic heterocycles. The predicted molar refractivity (Wildman–Crippen MR) is 96.9 cm³/mol. The van der Waals surface area contributed by atoms with Gasteiger partial charge in [0.05, 0.1) is 13.0 Å². The van der Waals surface area contributed by atoms with Crippen LogP contribution in [0.1, 0.15) is 24.9 Å². The normalized spacial score (nSPS) is 11.9. The van der Waals surface area contributed by atoms with E-state index in [9.17, 15) is 4.79 Å². The van der Waals surface area contributed by atoms with Crippen molar-refractivity contribution in [2.75, 3.05) is 6.61 Å². The first-order valence-electron chi connectivity index (χ1n) is 7.52. The van der Waals surface area contributed by atoms with Crippen LogP contribution < -0.4 is 5.73 Å². The van der Waals surface area contributed by atoms with Gasteiger partial charge in [-0.05, 0) is 40.1 Å². The van der Waals surface area contributed by atoms with Crippen molar-refractivity contribution < 1.29 is 9.53 Å². The molecule has 3 rings (SSSR count). The fraction of sp³-hybridized carbons (Fsp3) is 0.211. The molecule has 0 spiro atoms. The van der Waals surface area contributed by atoms with Crippen molar-refractivity contribution in [1.29, 1.82) is 0 Å². The minimum atomic E-state index is -0.380. The first kappa shape index (κ1) is 17.3. The molecular weight excluding hydrogens is 310 g/mol. The topological polar surface area (TPSA) is 52.3 Å². The van der Waals surface area contributed by atoms with Crippen molar-refractivity contribution in [3.05, 3.63) is 60.2 Å². The molecule has 3 aromatic rings. The summed E-state index contributed by atoms with van der Waals surface area (Å²) in [4.78, 5) is 11.8. The SMILES string of the molecule is CCOC(=O)C[C@H](N)c1c2ccccc2cc2ccccc12.Cl. The highest BCUT2D eigenvalue weighted by Crippen LogP contribution is 2.33. The zero-order valence-corrected chi connectivity index (χ0v) is 13.8. The molecule has 0 fully saturated rings. The maximum Gasteiger partial charge on any atom is 0.307 e. The molecule has 0 aliphatic carbocycles. The van der Waals surface area contributed by atoms with E-state index in [1.807, 2.05) is 24.3 Å². The fourth-order valence-electron chi connectivity index (χ4n) is 2.95. The number of hydrogen-bond acceptors (Lipinski definition) is 3. The Balaban J connectivity index is 0.00000192. The van der Waals surface area contributed by atoms with Crippen LogP contribution in [0.3, 0.4) is 0 Å². The van der Waals surface area contributed by atoms with Crippen LogP contribution in [0.2, 0.25) is 0 Å². The van der Waals surface area contributed by atoms with Crippen LogP contribution >= 0.6 is 12.4 Å². The molecule has 0 radical (unpaired) electrons. The van der Waals surface area contributed by atoms with Crippen LogP contribution in [0, 0.1) is 0 Å². The average Bonchev–Trinajstić information content (AvgIpc) is 2.52. The molecule has 3 nitrogen and oxygen atoms in total. The summed E-state index contributed by atoms with van der Waals surface area (Å²) in [5.74, 6) is -0.257. The van der Waals surface area contributed by atoms with Crippen LogP contribution in [-0.2, 0) is 9.53 Å². The molecule has 1 atom stereocenters. The summed E-state index contributed by atoms with van der Waals surface area (Å²) in [6.07, 6.45) is 0.186.